The second-order valence-electron chi connectivity index (χ2n) is 5.10. The first-order chi connectivity index (χ1) is 7.59. The van der Waals surface area contributed by atoms with Crippen LogP contribution in [0.1, 0.15) is 31.4 Å². The molecular formula is C13H22N2S. The number of rotatable bonds is 2. The lowest BCUT2D eigenvalue weighted by Crippen LogP contribution is -2.51. The molecule has 0 bridgehead atoms. The third-order valence-corrected chi connectivity index (χ3v) is 5.01. The number of nitrogens with zero attached hydrogens (tertiary/aromatic N) is 1. The molecule has 1 aromatic heterocycles. The molecular weight excluding hydrogens is 216 g/mol. The highest BCUT2D eigenvalue weighted by atomic mass is 32.1. The molecule has 3 heteroatoms. The maximum Gasteiger partial charge on any atom is 0.0247 e. The van der Waals surface area contributed by atoms with E-state index in [1.54, 1.807) is 11.3 Å². The highest BCUT2D eigenvalue weighted by molar-refractivity contribution is 7.08. The van der Waals surface area contributed by atoms with Crippen molar-refractivity contribution < 1.29 is 0 Å². The Hall–Kier alpha value is -0.380. The van der Waals surface area contributed by atoms with Gasteiger partial charge in [0.1, 0.15) is 0 Å². The van der Waals surface area contributed by atoms with E-state index in [1.807, 2.05) is 0 Å². The van der Waals surface area contributed by atoms with Crippen LogP contribution in [0.2, 0.25) is 0 Å². The van der Waals surface area contributed by atoms with Gasteiger partial charge in [0.2, 0.25) is 0 Å². The van der Waals surface area contributed by atoms with E-state index in [-0.39, 0.29) is 0 Å². The summed E-state index contributed by atoms with van der Waals surface area (Å²) in [5, 5.41) is 4.51. The fourth-order valence-electron chi connectivity index (χ4n) is 2.46. The molecule has 1 fully saturated rings. The monoisotopic (exact) mass is 238 g/mol. The molecule has 1 aromatic rings. The zero-order valence-electron chi connectivity index (χ0n) is 10.4. The maximum atomic E-state index is 6.11. The smallest absolute Gasteiger partial charge is 0.0247 e. The number of hydrogen-bond donors (Lipinski definition) is 1. The molecule has 1 aliphatic heterocycles. The van der Waals surface area contributed by atoms with Crippen molar-refractivity contribution in [1.82, 2.24) is 4.90 Å². The van der Waals surface area contributed by atoms with Crippen LogP contribution in [0.25, 0.3) is 0 Å². The van der Waals surface area contributed by atoms with E-state index < -0.39 is 0 Å². The molecule has 1 aliphatic rings. The van der Waals surface area contributed by atoms with Gasteiger partial charge in [-0.05, 0) is 48.1 Å². The second kappa shape index (κ2) is 4.86. The van der Waals surface area contributed by atoms with Crippen molar-refractivity contribution in [2.45, 2.75) is 45.8 Å². The van der Waals surface area contributed by atoms with Crippen molar-refractivity contribution in [3.63, 3.8) is 0 Å². The Morgan fingerprint density at radius 3 is 2.81 bits per heavy atom. The van der Waals surface area contributed by atoms with E-state index >= 15 is 0 Å². The molecule has 0 spiro atoms. The molecule has 2 rings (SSSR count). The van der Waals surface area contributed by atoms with Crippen molar-refractivity contribution in [1.29, 1.82) is 0 Å². The van der Waals surface area contributed by atoms with Crippen LogP contribution in [0.15, 0.2) is 10.8 Å². The Morgan fingerprint density at radius 1 is 1.44 bits per heavy atom. The van der Waals surface area contributed by atoms with Crippen LogP contribution in [0.3, 0.4) is 0 Å². The Labute approximate surface area is 102 Å². The molecule has 3 unspecified atom stereocenters. The van der Waals surface area contributed by atoms with Gasteiger partial charge in [-0.3, -0.25) is 4.90 Å². The second-order valence-corrected chi connectivity index (χ2v) is 5.85. The number of likely N-dealkylation sites (tertiary alicyclic amines) is 1. The number of hydrogen-bond acceptors (Lipinski definition) is 3. The van der Waals surface area contributed by atoms with E-state index in [4.69, 9.17) is 5.73 Å². The molecule has 90 valence electrons. The number of thiophene rings is 1. The van der Waals surface area contributed by atoms with Crippen molar-refractivity contribution >= 4 is 11.3 Å². The molecule has 3 atom stereocenters. The average Bonchev–Trinajstić information content (AvgIpc) is 2.65. The maximum absolute atomic E-state index is 6.11. The van der Waals surface area contributed by atoms with Crippen LogP contribution >= 0.6 is 11.3 Å². The highest BCUT2D eigenvalue weighted by Crippen LogP contribution is 2.25. The molecule has 0 aliphatic carbocycles. The molecule has 2 N–H and O–H groups in total. The number of nitrogens with two attached hydrogens (primary N) is 1. The molecule has 0 radical (unpaired) electrons. The zero-order chi connectivity index (χ0) is 11.7. The van der Waals surface area contributed by atoms with Gasteiger partial charge in [-0.1, -0.05) is 6.92 Å². The topological polar surface area (TPSA) is 29.3 Å². The van der Waals surface area contributed by atoms with Gasteiger partial charge in [0.15, 0.2) is 0 Å². The van der Waals surface area contributed by atoms with Crippen molar-refractivity contribution in [3.8, 4) is 0 Å². The summed E-state index contributed by atoms with van der Waals surface area (Å²) in [4.78, 5) is 2.57. The van der Waals surface area contributed by atoms with Crippen molar-refractivity contribution in [2.24, 2.45) is 11.7 Å². The highest BCUT2D eigenvalue weighted by Gasteiger charge is 2.30. The lowest BCUT2D eigenvalue weighted by molar-refractivity contribution is 0.0910. The van der Waals surface area contributed by atoms with Gasteiger partial charge >= 0.3 is 0 Å². The molecule has 1 saturated heterocycles. The summed E-state index contributed by atoms with van der Waals surface area (Å²) < 4.78 is 0. The summed E-state index contributed by atoms with van der Waals surface area (Å²) in [5.74, 6) is 0.604. The van der Waals surface area contributed by atoms with E-state index in [2.05, 4.69) is 36.4 Å². The van der Waals surface area contributed by atoms with Gasteiger partial charge in [-0.2, -0.15) is 11.3 Å². The number of aryl methyl sites for hydroxylation is 1. The minimum atomic E-state index is 0.384. The SMILES string of the molecule is Cc1cscc1CN1CCC(N)C(C)C1C. The van der Waals surface area contributed by atoms with E-state index in [9.17, 15) is 0 Å². The predicted molar refractivity (Wildman–Crippen MR) is 70.7 cm³/mol. The van der Waals surface area contributed by atoms with E-state index in [0.29, 0.717) is 18.0 Å². The minimum absolute atomic E-state index is 0.384. The molecule has 2 nitrogen and oxygen atoms in total. The van der Waals surface area contributed by atoms with Crippen LogP contribution in [0.4, 0.5) is 0 Å². The summed E-state index contributed by atoms with van der Waals surface area (Å²) in [6.07, 6.45) is 1.13. The van der Waals surface area contributed by atoms with Crippen LogP contribution in [0.5, 0.6) is 0 Å². The summed E-state index contributed by atoms with van der Waals surface area (Å²) in [6.45, 7) is 9.03. The van der Waals surface area contributed by atoms with Crippen molar-refractivity contribution in [3.05, 3.63) is 21.9 Å². The molecule has 2 heterocycles. The van der Waals surface area contributed by atoms with Crippen LogP contribution in [-0.2, 0) is 6.54 Å². The van der Waals surface area contributed by atoms with Gasteiger partial charge in [-0.15, -0.1) is 0 Å². The third kappa shape index (κ3) is 2.31. The first-order valence-corrected chi connectivity index (χ1v) is 7.05. The first-order valence-electron chi connectivity index (χ1n) is 6.11. The van der Waals surface area contributed by atoms with E-state index in [0.717, 1.165) is 19.5 Å². The molecule has 16 heavy (non-hydrogen) atoms. The fourth-order valence-corrected chi connectivity index (χ4v) is 3.31. The minimum Gasteiger partial charge on any atom is -0.327 e. The molecule has 0 amide bonds. The third-order valence-electron chi connectivity index (χ3n) is 4.10. The van der Waals surface area contributed by atoms with Gasteiger partial charge < -0.3 is 5.73 Å². The predicted octanol–water partition coefficient (Wildman–Crippen LogP) is 2.61. The standard InChI is InChI=1S/C13H22N2S/c1-9-7-16-8-12(9)6-15-5-4-13(14)10(2)11(15)3/h7-8,10-11,13H,4-6,14H2,1-3H3. The Morgan fingerprint density at radius 2 is 2.19 bits per heavy atom. The average molecular weight is 238 g/mol. The lowest BCUT2D eigenvalue weighted by atomic mass is 9.87. The van der Waals surface area contributed by atoms with Gasteiger partial charge in [0, 0.05) is 25.2 Å². The quantitative estimate of drug-likeness (QED) is 0.858. The lowest BCUT2D eigenvalue weighted by Gasteiger charge is -2.41. The Kier molecular flexibility index (Phi) is 3.67. The van der Waals surface area contributed by atoms with E-state index in [1.165, 1.54) is 11.1 Å². The molecule has 0 saturated carbocycles. The summed E-state index contributed by atoms with van der Waals surface area (Å²) in [7, 11) is 0. The Balaban J connectivity index is 2.03. The summed E-state index contributed by atoms with van der Waals surface area (Å²) in [6, 6.07) is 0.984. The fraction of sp³-hybridized carbons (Fsp3) is 0.692. The van der Waals surface area contributed by atoms with Crippen molar-refractivity contribution in [2.75, 3.05) is 6.54 Å². The Bertz CT molecular complexity index is 347. The van der Waals surface area contributed by atoms with Gasteiger partial charge in [-0.25, -0.2) is 0 Å². The largest absolute Gasteiger partial charge is 0.327 e. The van der Waals surface area contributed by atoms with Crippen LogP contribution in [-0.4, -0.2) is 23.5 Å². The molecule has 0 aromatic carbocycles. The number of piperidine rings is 1. The summed E-state index contributed by atoms with van der Waals surface area (Å²) >= 11 is 1.81. The zero-order valence-corrected chi connectivity index (χ0v) is 11.3. The summed E-state index contributed by atoms with van der Waals surface area (Å²) in [5.41, 5.74) is 9.03. The van der Waals surface area contributed by atoms with Crippen LogP contribution in [0, 0.1) is 12.8 Å². The van der Waals surface area contributed by atoms with Crippen LogP contribution < -0.4 is 5.73 Å². The van der Waals surface area contributed by atoms with Gasteiger partial charge in [0.25, 0.3) is 0 Å². The first kappa shape index (κ1) is 12.1. The normalized spacial score (nSPS) is 31.9. The van der Waals surface area contributed by atoms with Gasteiger partial charge in [0.05, 0.1) is 0 Å².